The standard InChI is InChI=1S/C22H23NO3/c1-4-6-7-8-17-11-14-21(20(15-17)23-3)26-22(24)19-12-9-18(10-13-19)16-25-5-2/h5,9-15H,2,4,6-8,16H2,1H3. The monoisotopic (exact) mass is 349 g/mol. The summed E-state index contributed by atoms with van der Waals surface area (Å²) in [5.74, 6) is -0.187. The summed E-state index contributed by atoms with van der Waals surface area (Å²) in [7, 11) is 0. The Balaban J connectivity index is 2.05. The lowest BCUT2D eigenvalue weighted by Crippen LogP contribution is -2.08. The molecule has 0 aliphatic rings. The van der Waals surface area contributed by atoms with Crippen LogP contribution in [-0.4, -0.2) is 5.97 Å². The number of hydrogen-bond donors (Lipinski definition) is 0. The number of hydrogen-bond acceptors (Lipinski definition) is 3. The van der Waals surface area contributed by atoms with Gasteiger partial charge in [-0.05, 0) is 42.7 Å². The minimum absolute atomic E-state index is 0.295. The summed E-state index contributed by atoms with van der Waals surface area (Å²) in [6, 6.07) is 12.4. The Morgan fingerprint density at radius 3 is 2.54 bits per heavy atom. The smallest absolute Gasteiger partial charge is 0.342 e. The van der Waals surface area contributed by atoms with E-state index in [1.54, 1.807) is 36.4 Å². The Labute approximate surface area is 154 Å². The van der Waals surface area contributed by atoms with Crippen molar-refractivity contribution in [2.75, 3.05) is 0 Å². The maximum atomic E-state index is 12.3. The predicted molar refractivity (Wildman–Crippen MR) is 102 cm³/mol. The Kier molecular flexibility index (Phi) is 7.45. The largest absolute Gasteiger partial charge is 0.497 e. The SMILES string of the molecule is [C-]#[N+]c1cc(CCCCC)ccc1OC(=O)c1ccc(COC=C)cc1. The van der Waals surface area contributed by atoms with Gasteiger partial charge in [0.1, 0.15) is 12.4 Å². The number of ether oxygens (including phenoxy) is 2. The van der Waals surface area contributed by atoms with E-state index in [2.05, 4.69) is 18.3 Å². The van der Waals surface area contributed by atoms with Crippen LogP contribution >= 0.6 is 0 Å². The number of benzene rings is 2. The molecule has 0 saturated carbocycles. The van der Waals surface area contributed by atoms with E-state index >= 15 is 0 Å². The van der Waals surface area contributed by atoms with Crippen LogP contribution < -0.4 is 4.74 Å². The molecule has 0 spiro atoms. The van der Waals surface area contributed by atoms with E-state index in [1.807, 2.05) is 6.07 Å². The van der Waals surface area contributed by atoms with Crippen LogP contribution in [0, 0.1) is 6.57 Å². The van der Waals surface area contributed by atoms with Gasteiger partial charge < -0.3 is 9.47 Å². The van der Waals surface area contributed by atoms with Crippen molar-refractivity contribution in [3.8, 4) is 5.75 Å². The Morgan fingerprint density at radius 1 is 1.15 bits per heavy atom. The fraction of sp³-hybridized carbons (Fsp3) is 0.273. The maximum Gasteiger partial charge on any atom is 0.342 e. The van der Waals surface area contributed by atoms with Gasteiger partial charge in [-0.25, -0.2) is 9.64 Å². The van der Waals surface area contributed by atoms with E-state index in [1.165, 1.54) is 6.26 Å². The quantitative estimate of drug-likeness (QED) is 0.187. The molecule has 0 unspecified atom stereocenters. The molecule has 26 heavy (non-hydrogen) atoms. The van der Waals surface area contributed by atoms with Crippen LogP contribution in [-0.2, 0) is 17.8 Å². The molecule has 0 heterocycles. The van der Waals surface area contributed by atoms with Gasteiger partial charge in [-0.15, -0.1) is 0 Å². The molecule has 4 nitrogen and oxygen atoms in total. The molecule has 2 rings (SSSR count). The van der Waals surface area contributed by atoms with Gasteiger partial charge in [0.15, 0.2) is 0 Å². The van der Waals surface area contributed by atoms with Crippen molar-refractivity contribution in [1.82, 2.24) is 0 Å². The number of unbranched alkanes of at least 4 members (excludes halogenated alkanes) is 2. The zero-order valence-corrected chi connectivity index (χ0v) is 15.0. The molecule has 4 heteroatoms. The minimum atomic E-state index is -0.482. The molecule has 0 atom stereocenters. The van der Waals surface area contributed by atoms with E-state index in [-0.39, 0.29) is 0 Å². The Hall–Kier alpha value is -3.06. The summed E-state index contributed by atoms with van der Waals surface area (Å²) in [6.07, 6.45) is 5.72. The minimum Gasteiger partial charge on any atom is -0.497 e. The number of esters is 1. The normalized spacial score (nSPS) is 10.0. The van der Waals surface area contributed by atoms with E-state index in [4.69, 9.17) is 16.0 Å². The highest BCUT2D eigenvalue weighted by atomic mass is 16.5. The van der Waals surface area contributed by atoms with Gasteiger partial charge in [0.25, 0.3) is 0 Å². The third-order valence-corrected chi connectivity index (χ3v) is 3.97. The zero-order valence-electron chi connectivity index (χ0n) is 15.0. The predicted octanol–water partition coefficient (Wildman–Crippen LogP) is 5.85. The zero-order chi connectivity index (χ0) is 18.8. The van der Waals surface area contributed by atoms with Crippen molar-refractivity contribution in [1.29, 1.82) is 0 Å². The van der Waals surface area contributed by atoms with Crippen molar-refractivity contribution in [2.45, 2.75) is 39.2 Å². The van der Waals surface area contributed by atoms with Gasteiger partial charge in [0.05, 0.1) is 18.4 Å². The average molecular weight is 349 g/mol. The second kappa shape index (κ2) is 10.0. The van der Waals surface area contributed by atoms with Crippen LogP contribution in [0.25, 0.3) is 4.85 Å². The average Bonchev–Trinajstić information content (AvgIpc) is 2.67. The number of nitrogens with zero attached hydrogens (tertiary/aromatic N) is 1. The highest BCUT2D eigenvalue weighted by Crippen LogP contribution is 2.30. The second-order valence-corrected chi connectivity index (χ2v) is 5.94. The van der Waals surface area contributed by atoms with Gasteiger partial charge in [0, 0.05) is 0 Å². The molecular formula is C22H23NO3. The van der Waals surface area contributed by atoms with E-state index in [0.717, 1.165) is 36.8 Å². The first kappa shape index (κ1) is 19.3. The molecule has 0 N–H and O–H groups in total. The molecule has 0 radical (unpaired) electrons. The van der Waals surface area contributed by atoms with Crippen molar-refractivity contribution < 1.29 is 14.3 Å². The molecule has 0 aromatic heterocycles. The van der Waals surface area contributed by atoms with Gasteiger partial charge in [-0.1, -0.05) is 50.1 Å². The van der Waals surface area contributed by atoms with Crippen LogP contribution in [0.2, 0.25) is 0 Å². The third-order valence-electron chi connectivity index (χ3n) is 3.97. The lowest BCUT2D eigenvalue weighted by molar-refractivity contribution is 0.0736. The molecular weight excluding hydrogens is 326 g/mol. The Morgan fingerprint density at radius 2 is 1.88 bits per heavy atom. The van der Waals surface area contributed by atoms with Crippen molar-refractivity contribution in [2.24, 2.45) is 0 Å². The van der Waals surface area contributed by atoms with Crippen molar-refractivity contribution >= 4 is 11.7 Å². The third kappa shape index (κ3) is 5.49. The lowest BCUT2D eigenvalue weighted by atomic mass is 10.1. The van der Waals surface area contributed by atoms with Crippen LogP contribution in [0.4, 0.5) is 5.69 Å². The van der Waals surface area contributed by atoms with Crippen molar-refractivity contribution in [3.05, 3.63) is 83.4 Å². The summed E-state index contributed by atoms with van der Waals surface area (Å²) in [5, 5.41) is 0. The summed E-state index contributed by atoms with van der Waals surface area (Å²) in [5.41, 5.74) is 2.81. The van der Waals surface area contributed by atoms with Gasteiger partial charge in [0.2, 0.25) is 5.69 Å². The molecule has 2 aromatic carbocycles. The highest BCUT2D eigenvalue weighted by Gasteiger charge is 2.12. The van der Waals surface area contributed by atoms with Gasteiger partial charge >= 0.3 is 5.97 Å². The molecule has 0 amide bonds. The number of carbonyl (C=O) groups excluding carboxylic acids is 1. The second-order valence-electron chi connectivity index (χ2n) is 5.94. The van der Waals surface area contributed by atoms with Gasteiger partial charge in [-0.3, -0.25) is 0 Å². The van der Waals surface area contributed by atoms with E-state index in [9.17, 15) is 4.79 Å². The maximum absolute atomic E-state index is 12.3. The first-order valence-electron chi connectivity index (χ1n) is 8.72. The topological polar surface area (TPSA) is 39.9 Å². The molecule has 0 bridgehead atoms. The molecule has 0 saturated heterocycles. The molecule has 0 fully saturated rings. The van der Waals surface area contributed by atoms with Crippen molar-refractivity contribution in [3.63, 3.8) is 0 Å². The first-order chi connectivity index (χ1) is 12.7. The molecule has 0 aliphatic heterocycles. The number of rotatable bonds is 9. The van der Waals surface area contributed by atoms with Gasteiger partial charge in [-0.2, -0.15) is 0 Å². The summed E-state index contributed by atoms with van der Waals surface area (Å²) in [6.45, 7) is 13.4. The van der Waals surface area contributed by atoms with Crippen LogP contribution in [0.15, 0.2) is 55.3 Å². The number of aryl methyl sites for hydroxylation is 1. The fourth-order valence-corrected chi connectivity index (χ4v) is 2.52. The van der Waals surface area contributed by atoms with E-state index in [0.29, 0.717) is 23.6 Å². The molecule has 0 aliphatic carbocycles. The van der Waals surface area contributed by atoms with Crippen LogP contribution in [0.1, 0.15) is 47.7 Å². The first-order valence-corrected chi connectivity index (χ1v) is 8.72. The molecule has 134 valence electrons. The van der Waals surface area contributed by atoms with Crippen LogP contribution in [0.5, 0.6) is 5.75 Å². The fourth-order valence-electron chi connectivity index (χ4n) is 2.52. The number of carbonyl (C=O) groups is 1. The molecule has 2 aromatic rings. The lowest BCUT2D eigenvalue weighted by Gasteiger charge is -2.09. The Bertz CT molecular complexity index is 788. The highest BCUT2D eigenvalue weighted by molar-refractivity contribution is 5.91. The summed E-state index contributed by atoms with van der Waals surface area (Å²) >= 11 is 0. The van der Waals surface area contributed by atoms with Crippen LogP contribution in [0.3, 0.4) is 0 Å². The van der Waals surface area contributed by atoms with E-state index < -0.39 is 5.97 Å². The summed E-state index contributed by atoms with van der Waals surface area (Å²) < 4.78 is 10.5. The summed E-state index contributed by atoms with van der Waals surface area (Å²) in [4.78, 5) is 15.8.